The molecule has 1 unspecified atom stereocenters. The van der Waals surface area contributed by atoms with Gasteiger partial charge in [-0.15, -0.1) is 0 Å². The van der Waals surface area contributed by atoms with Gasteiger partial charge in [0, 0.05) is 17.7 Å². The molecule has 0 saturated heterocycles. The fourth-order valence-corrected chi connectivity index (χ4v) is 2.41. The van der Waals surface area contributed by atoms with Crippen molar-refractivity contribution in [2.45, 2.75) is 13.1 Å². The van der Waals surface area contributed by atoms with Crippen molar-refractivity contribution in [1.29, 1.82) is 0 Å². The molecule has 1 atom stereocenters. The highest BCUT2D eigenvalue weighted by molar-refractivity contribution is 5.76. The zero-order chi connectivity index (χ0) is 16.7. The summed E-state index contributed by atoms with van der Waals surface area (Å²) < 4.78 is 18.9. The topological polar surface area (TPSA) is 42.8 Å². The van der Waals surface area contributed by atoms with Crippen molar-refractivity contribution in [1.82, 2.24) is 5.32 Å². The Morgan fingerprint density at radius 2 is 1.78 bits per heavy atom. The summed E-state index contributed by atoms with van der Waals surface area (Å²) in [6.07, 6.45) is 0. The van der Waals surface area contributed by atoms with Crippen LogP contribution in [0, 0.1) is 5.82 Å². The van der Waals surface area contributed by atoms with Gasteiger partial charge >= 0.3 is 0 Å². The van der Waals surface area contributed by atoms with Gasteiger partial charge in [-0.05, 0) is 12.1 Å². The van der Waals surface area contributed by atoms with Crippen LogP contribution >= 0.6 is 0 Å². The molecule has 2 aromatic rings. The van der Waals surface area contributed by atoms with E-state index in [1.807, 2.05) is 31.3 Å². The van der Waals surface area contributed by atoms with Gasteiger partial charge in [0.05, 0.1) is 14.2 Å². The van der Waals surface area contributed by atoms with Gasteiger partial charge in [0.25, 0.3) is 5.91 Å². The first-order chi connectivity index (χ1) is 11.1. The molecule has 2 aromatic carbocycles. The number of benzene rings is 2. The number of quaternary nitrogens is 1. The number of amides is 1. The summed E-state index contributed by atoms with van der Waals surface area (Å²) in [5.41, 5.74) is 1.54. The lowest BCUT2D eigenvalue weighted by Crippen LogP contribution is -3.09. The SMILES string of the molecule is COc1ccccc1CNC(=O)C[NH+](C)Cc1ccccc1F. The highest BCUT2D eigenvalue weighted by atomic mass is 19.1. The monoisotopic (exact) mass is 317 g/mol. The molecular weight excluding hydrogens is 295 g/mol. The highest BCUT2D eigenvalue weighted by Gasteiger charge is 2.13. The van der Waals surface area contributed by atoms with E-state index in [-0.39, 0.29) is 18.3 Å². The predicted molar refractivity (Wildman–Crippen MR) is 86.7 cm³/mol. The zero-order valence-electron chi connectivity index (χ0n) is 13.4. The third-order valence-electron chi connectivity index (χ3n) is 3.58. The van der Waals surface area contributed by atoms with E-state index in [0.717, 1.165) is 16.2 Å². The second-order valence-electron chi connectivity index (χ2n) is 5.49. The van der Waals surface area contributed by atoms with Gasteiger partial charge in [-0.25, -0.2) is 4.39 Å². The van der Waals surface area contributed by atoms with Crippen molar-refractivity contribution in [2.24, 2.45) is 0 Å². The summed E-state index contributed by atoms with van der Waals surface area (Å²) in [6, 6.07) is 14.2. The van der Waals surface area contributed by atoms with E-state index in [4.69, 9.17) is 4.74 Å². The molecule has 4 nitrogen and oxygen atoms in total. The number of likely N-dealkylation sites (N-methyl/N-ethyl adjacent to an activating group) is 1. The zero-order valence-corrected chi connectivity index (χ0v) is 13.4. The largest absolute Gasteiger partial charge is 0.496 e. The Labute approximate surface area is 135 Å². The van der Waals surface area contributed by atoms with Crippen molar-refractivity contribution in [3.63, 3.8) is 0 Å². The molecule has 0 saturated carbocycles. The minimum Gasteiger partial charge on any atom is -0.496 e. The van der Waals surface area contributed by atoms with Crippen molar-refractivity contribution in [3.8, 4) is 5.75 Å². The first-order valence-electron chi connectivity index (χ1n) is 7.53. The number of ether oxygens (including phenoxy) is 1. The van der Waals surface area contributed by atoms with Gasteiger partial charge in [-0.3, -0.25) is 4.79 Å². The number of nitrogens with one attached hydrogen (secondary N) is 2. The molecule has 1 amide bonds. The molecule has 0 aliphatic carbocycles. The molecule has 0 aliphatic rings. The molecule has 0 spiro atoms. The standard InChI is InChI=1S/C18H21FN2O2/c1-21(12-15-8-3-5-9-16(15)19)13-18(22)20-11-14-7-4-6-10-17(14)23-2/h3-10H,11-13H2,1-2H3,(H,20,22)/p+1. The number of para-hydroxylation sites is 1. The molecule has 0 aromatic heterocycles. The van der Waals surface area contributed by atoms with Crippen molar-refractivity contribution in [3.05, 3.63) is 65.5 Å². The van der Waals surface area contributed by atoms with Crippen LogP contribution in [0.25, 0.3) is 0 Å². The average molecular weight is 317 g/mol. The van der Waals surface area contributed by atoms with Crippen LogP contribution in [0.5, 0.6) is 5.75 Å². The summed E-state index contributed by atoms with van der Waals surface area (Å²) in [4.78, 5) is 13.0. The minimum atomic E-state index is -0.235. The van der Waals surface area contributed by atoms with Gasteiger partial charge in [-0.1, -0.05) is 36.4 Å². The maximum atomic E-state index is 13.6. The molecule has 5 heteroatoms. The lowest BCUT2D eigenvalue weighted by atomic mass is 10.2. The van der Waals surface area contributed by atoms with Gasteiger partial charge in [0.1, 0.15) is 18.1 Å². The molecule has 122 valence electrons. The van der Waals surface area contributed by atoms with Crippen LogP contribution in [-0.2, 0) is 17.9 Å². The molecule has 0 radical (unpaired) electrons. The van der Waals surface area contributed by atoms with Gasteiger partial charge in [0.15, 0.2) is 6.54 Å². The Morgan fingerprint density at radius 3 is 2.48 bits per heavy atom. The van der Waals surface area contributed by atoms with Crippen LogP contribution in [0.15, 0.2) is 48.5 Å². The molecule has 0 fully saturated rings. The van der Waals surface area contributed by atoms with E-state index < -0.39 is 0 Å². The van der Waals surface area contributed by atoms with E-state index >= 15 is 0 Å². The molecule has 0 heterocycles. The third-order valence-corrected chi connectivity index (χ3v) is 3.58. The van der Waals surface area contributed by atoms with Crippen LogP contribution in [0.3, 0.4) is 0 Å². The lowest BCUT2D eigenvalue weighted by Gasteiger charge is -2.15. The number of hydrogen-bond acceptors (Lipinski definition) is 2. The minimum absolute atomic E-state index is 0.0789. The molecule has 0 bridgehead atoms. The van der Waals surface area contributed by atoms with E-state index in [2.05, 4.69) is 5.32 Å². The Morgan fingerprint density at radius 1 is 1.13 bits per heavy atom. The first kappa shape index (κ1) is 17.0. The van der Waals surface area contributed by atoms with Crippen LogP contribution in [0.2, 0.25) is 0 Å². The number of halogens is 1. The Hall–Kier alpha value is -2.40. The van der Waals surface area contributed by atoms with Crippen molar-refractivity contribution >= 4 is 5.91 Å². The molecule has 2 N–H and O–H groups in total. The van der Waals surface area contributed by atoms with Crippen LogP contribution in [0.4, 0.5) is 4.39 Å². The van der Waals surface area contributed by atoms with E-state index in [9.17, 15) is 9.18 Å². The molecule has 23 heavy (non-hydrogen) atoms. The summed E-state index contributed by atoms with van der Waals surface area (Å²) in [5, 5.41) is 2.87. The lowest BCUT2D eigenvalue weighted by molar-refractivity contribution is -0.885. The third kappa shape index (κ3) is 5.07. The smallest absolute Gasteiger partial charge is 0.275 e. The van der Waals surface area contributed by atoms with Gasteiger partial charge in [0.2, 0.25) is 0 Å². The number of carbonyl (C=O) groups is 1. The van der Waals surface area contributed by atoms with Crippen LogP contribution in [0.1, 0.15) is 11.1 Å². The van der Waals surface area contributed by atoms with Gasteiger partial charge < -0.3 is 15.0 Å². The number of hydrogen-bond donors (Lipinski definition) is 2. The molecular formula is C18H22FN2O2+. The Kier molecular flexibility index (Phi) is 6.11. The summed E-state index contributed by atoms with van der Waals surface area (Å²) in [6.45, 7) is 1.16. The second-order valence-corrected chi connectivity index (χ2v) is 5.49. The summed E-state index contributed by atoms with van der Waals surface area (Å²) in [5.74, 6) is 0.436. The summed E-state index contributed by atoms with van der Waals surface area (Å²) in [7, 11) is 3.47. The number of carbonyl (C=O) groups excluding carboxylic acids is 1. The maximum absolute atomic E-state index is 13.6. The second kappa shape index (κ2) is 8.29. The van der Waals surface area contributed by atoms with E-state index in [0.29, 0.717) is 18.7 Å². The maximum Gasteiger partial charge on any atom is 0.275 e. The van der Waals surface area contributed by atoms with Gasteiger partial charge in [-0.2, -0.15) is 0 Å². The normalized spacial score (nSPS) is 11.8. The van der Waals surface area contributed by atoms with Crippen LogP contribution < -0.4 is 15.0 Å². The fraction of sp³-hybridized carbons (Fsp3) is 0.278. The average Bonchev–Trinajstić information content (AvgIpc) is 2.55. The predicted octanol–water partition coefficient (Wildman–Crippen LogP) is 1.17. The van der Waals surface area contributed by atoms with Crippen LogP contribution in [-0.4, -0.2) is 26.6 Å². The summed E-state index contributed by atoms with van der Waals surface area (Å²) >= 11 is 0. The molecule has 0 aliphatic heterocycles. The van der Waals surface area contributed by atoms with E-state index in [1.54, 1.807) is 25.3 Å². The first-order valence-corrected chi connectivity index (χ1v) is 7.53. The van der Waals surface area contributed by atoms with Crippen molar-refractivity contribution < 1.29 is 18.8 Å². The number of rotatable bonds is 7. The Balaban J connectivity index is 1.83. The number of methoxy groups -OCH3 is 1. The van der Waals surface area contributed by atoms with E-state index in [1.165, 1.54) is 6.07 Å². The fourth-order valence-electron chi connectivity index (χ4n) is 2.41. The quantitative estimate of drug-likeness (QED) is 0.805. The highest BCUT2D eigenvalue weighted by Crippen LogP contribution is 2.16. The Bertz CT molecular complexity index is 661. The van der Waals surface area contributed by atoms with Crippen molar-refractivity contribution in [2.75, 3.05) is 20.7 Å². The molecule has 2 rings (SSSR count).